The molecule has 1 aromatic heterocycles. The third kappa shape index (κ3) is 2.66. The first-order chi connectivity index (χ1) is 11.0. The van der Waals surface area contributed by atoms with Crippen molar-refractivity contribution in [2.75, 3.05) is 5.32 Å². The molecule has 6 nitrogen and oxygen atoms in total. The normalized spacial score (nSPS) is 10.7. The molecule has 0 bridgehead atoms. The standard InChI is InChI=1S/C15H10ClFN4O2/c1-8-12(21(22)23)6-5-10-13(8)15(19-7-18-10)20-11-4-2-3-9(16)14(11)17/h2-7H,1H3,(H,18,19,20). The fourth-order valence-corrected chi connectivity index (χ4v) is 2.50. The summed E-state index contributed by atoms with van der Waals surface area (Å²) < 4.78 is 14.0. The maximum atomic E-state index is 14.0. The van der Waals surface area contributed by atoms with Crippen molar-refractivity contribution in [2.45, 2.75) is 6.92 Å². The molecule has 0 spiro atoms. The molecule has 0 aliphatic rings. The summed E-state index contributed by atoms with van der Waals surface area (Å²) in [4.78, 5) is 18.8. The van der Waals surface area contributed by atoms with Crippen LogP contribution in [0.25, 0.3) is 10.9 Å². The van der Waals surface area contributed by atoms with E-state index in [0.29, 0.717) is 16.5 Å². The summed E-state index contributed by atoms with van der Waals surface area (Å²) in [6.45, 7) is 1.60. The lowest BCUT2D eigenvalue weighted by Gasteiger charge is -2.11. The minimum Gasteiger partial charge on any atom is -0.337 e. The van der Waals surface area contributed by atoms with Gasteiger partial charge in [-0.1, -0.05) is 17.7 Å². The van der Waals surface area contributed by atoms with E-state index in [1.54, 1.807) is 13.0 Å². The maximum absolute atomic E-state index is 14.0. The number of hydrogen-bond donors (Lipinski definition) is 1. The number of aromatic nitrogens is 2. The number of hydrogen-bond acceptors (Lipinski definition) is 5. The minimum atomic E-state index is -0.621. The summed E-state index contributed by atoms with van der Waals surface area (Å²) in [7, 11) is 0. The second-order valence-corrected chi connectivity index (χ2v) is 5.22. The van der Waals surface area contributed by atoms with E-state index < -0.39 is 10.7 Å². The minimum absolute atomic E-state index is 0.0314. The molecule has 0 amide bonds. The van der Waals surface area contributed by atoms with Gasteiger partial charge < -0.3 is 5.32 Å². The second-order valence-electron chi connectivity index (χ2n) is 4.81. The first-order valence-corrected chi connectivity index (χ1v) is 6.96. The average Bonchev–Trinajstić information content (AvgIpc) is 2.52. The molecule has 2 aromatic carbocycles. The summed E-state index contributed by atoms with van der Waals surface area (Å²) in [5, 5.41) is 14.4. The van der Waals surface area contributed by atoms with Gasteiger partial charge in [-0.2, -0.15) is 0 Å². The van der Waals surface area contributed by atoms with E-state index in [4.69, 9.17) is 11.6 Å². The van der Waals surface area contributed by atoms with Gasteiger partial charge in [0.05, 0.1) is 26.5 Å². The highest BCUT2D eigenvalue weighted by Gasteiger charge is 2.18. The van der Waals surface area contributed by atoms with Crippen LogP contribution in [0, 0.1) is 22.9 Å². The molecule has 0 atom stereocenters. The average molecular weight is 333 g/mol. The molecular formula is C15H10ClFN4O2. The van der Waals surface area contributed by atoms with Crippen LogP contribution in [0.5, 0.6) is 0 Å². The van der Waals surface area contributed by atoms with Crippen LogP contribution in [0.2, 0.25) is 5.02 Å². The van der Waals surface area contributed by atoms with E-state index in [0.717, 1.165) is 0 Å². The Morgan fingerprint density at radius 2 is 2.04 bits per heavy atom. The van der Waals surface area contributed by atoms with E-state index in [9.17, 15) is 14.5 Å². The highest BCUT2D eigenvalue weighted by Crippen LogP contribution is 2.32. The van der Waals surface area contributed by atoms with Crippen molar-refractivity contribution in [2.24, 2.45) is 0 Å². The van der Waals surface area contributed by atoms with Crippen LogP contribution in [-0.4, -0.2) is 14.9 Å². The van der Waals surface area contributed by atoms with Crippen LogP contribution in [0.4, 0.5) is 21.6 Å². The maximum Gasteiger partial charge on any atom is 0.273 e. The summed E-state index contributed by atoms with van der Waals surface area (Å²) in [6, 6.07) is 7.43. The predicted octanol–water partition coefficient (Wildman–Crippen LogP) is 4.38. The van der Waals surface area contributed by atoms with E-state index >= 15 is 0 Å². The predicted molar refractivity (Wildman–Crippen MR) is 85.6 cm³/mol. The lowest BCUT2D eigenvalue weighted by atomic mass is 10.1. The van der Waals surface area contributed by atoms with Gasteiger partial charge in [-0.25, -0.2) is 14.4 Å². The van der Waals surface area contributed by atoms with Crippen LogP contribution < -0.4 is 5.32 Å². The van der Waals surface area contributed by atoms with Crippen molar-refractivity contribution < 1.29 is 9.31 Å². The monoisotopic (exact) mass is 332 g/mol. The van der Waals surface area contributed by atoms with Crippen LogP contribution in [0.3, 0.4) is 0 Å². The zero-order chi connectivity index (χ0) is 16.6. The number of nitrogens with zero attached hydrogens (tertiary/aromatic N) is 3. The first-order valence-electron chi connectivity index (χ1n) is 6.59. The van der Waals surface area contributed by atoms with E-state index in [-0.39, 0.29) is 22.2 Å². The number of rotatable bonds is 3. The number of fused-ring (bicyclic) bond motifs is 1. The van der Waals surface area contributed by atoms with Gasteiger partial charge in [-0.15, -0.1) is 0 Å². The molecule has 3 aromatic rings. The molecule has 0 radical (unpaired) electrons. The van der Waals surface area contributed by atoms with Crippen molar-refractivity contribution >= 4 is 39.7 Å². The molecule has 0 aliphatic heterocycles. The van der Waals surface area contributed by atoms with Gasteiger partial charge in [0.15, 0.2) is 5.82 Å². The third-order valence-corrected chi connectivity index (χ3v) is 3.73. The van der Waals surface area contributed by atoms with Crippen molar-refractivity contribution in [1.29, 1.82) is 0 Å². The van der Waals surface area contributed by atoms with Gasteiger partial charge in [0.1, 0.15) is 12.1 Å². The lowest BCUT2D eigenvalue weighted by molar-refractivity contribution is -0.385. The van der Waals surface area contributed by atoms with Gasteiger partial charge in [-0.3, -0.25) is 10.1 Å². The zero-order valence-corrected chi connectivity index (χ0v) is 12.6. The number of nitro benzene ring substituents is 1. The molecule has 0 saturated heterocycles. The van der Waals surface area contributed by atoms with Crippen molar-refractivity contribution in [1.82, 2.24) is 9.97 Å². The van der Waals surface area contributed by atoms with Crippen molar-refractivity contribution in [3.05, 3.63) is 63.2 Å². The molecule has 0 fully saturated rings. The number of anilines is 2. The number of benzene rings is 2. The Morgan fingerprint density at radius 1 is 1.26 bits per heavy atom. The molecule has 1 N–H and O–H groups in total. The van der Waals surface area contributed by atoms with Gasteiger partial charge in [0.25, 0.3) is 5.69 Å². The summed E-state index contributed by atoms with van der Waals surface area (Å²) >= 11 is 5.76. The molecule has 116 valence electrons. The van der Waals surface area contributed by atoms with E-state index in [1.807, 2.05) is 0 Å². The Labute approximate surface area is 135 Å². The molecule has 3 rings (SSSR count). The number of nitrogens with one attached hydrogen (secondary N) is 1. The van der Waals surface area contributed by atoms with Gasteiger partial charge in [0.2, 0.25) is 0 Å². The fourth-order valence-electron chi connectivity index (χ4n) is 2.33. The molecule has 8 heteroatoms. The Balaban J connectivity index is 2.19. The molecule has 1 heterocycles. The third-order valence-electron chi connectivity index (χ3n) is 3.44. The van der Waals surface area contributed by atoms with Crippen LogP contribution in [0.15, 0.2) is 36.7 Å². The Hall–Kier alpha value is -2.80. The van der Waals surface area contributed by atoms with Gasteiger partial charge in [0, 0.05) is 11.6 Å². The van der Waals surface area contributed by atoms with Crippen LogP contribution in [0.1, 0.15) is 5.56 Å². The number of nitro groups is 1. The molecule has 0 unspecified atom stereocenters. The molecular weight excluding hydrogens is 323 g/mol. The summed E-state index contributed by atoms with van der Waals surface area (Å²) in [5.41, 5.74) is 0.997. The highest BCUT2D eigenvalue weighted by molar-refractivity contribution is 6.31. The smallest absolute Gasteiger partial charge is 0.273 e. The van der Waals surface area contributed by atoms with Crippen LogP contribution >= 0.6 is 11.6 Å². The van der Waals surface area contributed by atoms with Gasteiger partial charge in [-0.05, 0) is 25.1 Å². The summed E-state index contributed by atoms with van der Waals surface area (Å²) in [5.74, 6) is -0.346. The lowest BCUT2D eigenvalue weighted by Crippen LogP contribution is -2.01. The zero-order valence-electron chi connectivity index (χ0n) is 11.9. The first kappa shape index (κ1) is 15.1. The second kappa shape index (κ2) is 5.77. The number of halogens is 2. The van der Waals surface area contributed by atoms with E-state index in [2.05, 4.69) is 15.3 Å². The van der Waals surface area contributed by atoms with Gasteiger partial charge >= 0.3 is 0 Å². The molecule has 0 saturated carbocycles. The Bertz CT molecular complexity index is 933. The highest BCUT2D eigenvalue weighted by atomic mass is 35.5. The Morgan fingerprint density at radius 3 is 2.78 bits per heavy atom. The summed E-state index contributed by atoms with van der Waals surface area (Å²) in [6.07, 6.45) is 1.30. The molecule has 23 heavy (non-hydrogen) atoms. The van der Waals surface area contributed by atoms with Crippen molar-refractivity contribution in [3.8, 4) is 0 Å². The van der Waals surface area contributed by atoms with E-state index in [1.165, 1.54) is 30.6 Å². The molecule has 0 aliphatic carbocycles. The fraction of sp³-hybridized carbons (Fsp3) is 0.0667. The van der Waals surface area contributed by atoms with Crippen LogP contribution in [-0.2, 0) is 0 Å². The topological polar surface area (TPSA) is 81.0 Å². The SMILES string of the molecule is Cc1c([N+](=O)[O-])ccc2ncnc(Nc3cccc(Cl)c3F)c12. The quantitative estimate of drug-likeness (QED) is 0.568. The van der Waals surface area contributed by atoms with Crippen molar-refractivity contribution in [3.63, 3.8) is 0 Å². The largest absolute Gasteiger partial charge is 0.337 e. The number of aryl methyl sites for hydroxylation is 1. The Kier molecular flexibility index (Phi) is 3.79.